The van der Waals surface area contributed by atoms with Crippen molar-refractivity contribution in [3.8, 4) is 0 Å². The molecular formula is C12H20N4O3S2. The zero-order chi connectivity index (χ0) is 15.3. The third-order valence-electron chi connectivity index (χ3n) is 3.39. The molecule has 118 valence electrons. The standard InChI is InChI=1S/C12H20N4O3S2/c1-2-21(18,19)10-4-13-11(17)15-5-7-16(8-6-15)12-14-3-9-20-12/h3,9H,2,4-8,10H2,1H3,(H,13,17). The lowest BCUT2D eigenvalue weighted by molar-refractivity contribution is 0.195. The number of carbonyl (C=O) groups is 1. The molecule has 0 radical (unpaired) electrons. The highest BCUT2D eigenvalue weighted by Crippen LogP contribution is 2.18. The molecule has 7 nitrogen and oxygen atoms in total. The van der Waals surface area contributed by atoms with Crippen molar-refractivity contribution in [2.45, 2.75) is 6.92 Å². The molecule has 0 saturated carbocycles. The van der Waals surface area contributed by atoms with E-state index in [-0.39, 0.29) is 24.1 Å². The Balaban J connectivity index is 1.73. The Morgan fingerprint density at radius 1 is 1.38 bits per heavy atom. The van der Waals surface area contributed by atoms with E-state index in [0.717, 1.165) is 18.2 Å². The van der Waals surface area contributed by atoms with E-state index >= 15 is 0 Å². The summed E-state index contributed by atoms with van der Waals surface area (Å²) in [5, 5.41) is 5.58. The topological polar surface area (TPSA) is 82.6 Å². The van der Waals surface area contributed by atoms with Gasteiger partial charge in [-0.2, -0.15) is 0 Å². The minimum absolute atomic E-state index is 0.00563. The molecule has 1 N–H and O–H groups in total. The van der Waals surface area contributed by atoms with Gasteiger partial charge in [0.25, 0.3) is 0 Å². The quantitative estimate of drug-likeness (QED) is 0.844. The number of aromatic nitrogens is 1. The van der Waals surface area contributed by atoms with E-state index in [1.165, 1.54) is 0 Å². The molecule has 0 bridgehead atoms. The summed E-state index contributed by atoms with van der Waals surface area (Å²) in [5.74, 6) is 0.101. The molecule has 2 heterocycles. The Labute approximate surface area is 128 Å². The second-order valence-corrected chi connectivity index (χ2v) is 8.10. The summed E-state index contributed by atoms with van der Waals surface area (Å²) < 4.78 is 22.7. The first-order chi connectivity index (χ1) is 10.0. The Morgan fingerprint density at radius 3 is 2.67 bits per heavy atom. The van der Waals surface area contributed by atoms with Crippen molar-refractivity contribution in [3.63, 3.8) is 0 Å². The Kier molecular flexibility index (Phi) is 5.40. The van der Waals surface area contributed by atoms with Crippen LogP contribution in [0.2, 0.25) is 0 Å². The minimum Gasteiger partial charge on any atom is -0.345 e. The third-order valence-corrected chi connectivity index (χ3v) is 5.92. The van der Waals surface area contributed by atoms with Crippen LogP contribution in [-0.2, 0) is 9.84 Å². The number of thiazole rings is 1. The van der Waals surface area contributed by atoms with E-state index in [1.807, 2.05) is 5.38 Å². The molecule has 0 spiro atoms. The van der Waals surface area contributed by atoms with Crippen molar-refractivity contribution in [2.24, 2.45) is 0 Å². The number of sulfone groups is 1. The van der Waals surface area contributed by atoms with Crippen LogP contribution >= 0.6 is 11.3 Å². The van der Waals surface area contributed by atoms with Gasteiger partial charge in [-0.3, -0.25) is 0 Å². The molecule has 1 saturated heterocycles. The molecule has 1 aromatic heterocycles. The van der Waals surface area contributed by atoms with Gasteiger partial charge in [-0.05, 0) is 0 Å². The van der Waals surface area contributed by atoms with Crippen molar-refractivity contribution in [1.82, 2.24) is 15.2 Å². The molecule has 2 amide bonds. The zero-order valence-corrected chi connectivity index (χ0v) is 13.6. The van der Waals surface area contributed by atoms with Gasteiger partial charge in [0.1, 0.15) is 0 Å². The van der Waals surface area contributed by atoms with E-state index in [2.05, 4.69) is 15.2 Å². The number of hydrogen-bond donors (Lipinski definition) is 1. The first-order valence-electron chi connectivity index (χ1n) is 6.89. The van der Waals surface area contributed by atoms with Crippen LogP contribution in [0.3, 0.4) is 0 Å². The first-order valence-corrected chi connectivity index (χ1v) is 9.59. The maximum atomic E-state index is 12.0. The molecule has 21 heavy (non-hydrogen) atoms. The number of nitrogens with zero attached hydrogens (tertiary/aromatic N) is 3. The Hall–Kier alpha value is -1.35. The second kappa shape index (κ2) is 7.08. The number of anilines is 1. The summed E-state index contributed by atoms with van der Waals surface area (Å²) in [6.45, 7) is 4.50. The van der Waals surface area contributed by atoms with Gasteiger partial charge in [0.15, 0.2) is 15.0 Å². The van der Waals surface area contributed by atoms with Gasteiger partial charge in [0.05, 0.1) is 5.75 Å². The SMILES string of the molecule is CCS(=O)(=O)CCNC(=O)N1CCN(c2nccs2)CC1. The maximum absolute atomic E-state index is 12.0. The van der Waals surface area contributed by atoms with Crippen molar-refractivity contribution in [2.75, 3.05) is 49.1 Å². The summed E-state index contributed by atoms with van der Waals surface area (Å²) >= 11 is 1.59. The van der Waals surface area contributed by atoms with Crippen molar-refractivity contribution in [1.29, 1.82) is 0 Å². The van der Waals surface area contributed by atoms with Gasteiger partial charge in [0.2, 0.25) is 0 Å². The average molecular weight is 332 g/mol. The second-order valence-electron chi connectivity index (χ2n) is 4.76. The predicted molar refractivity (Wildman–Crippen MR) is 83.6 cm³/mol. The number of carbonyl (C=O) groups excluding carboxylic acids is 1. The fourth-order valence-corrected chi connectivity index (χ4v) is 3.44. The number of piperazine rings is 1. The molecular weight excluding hydrogens is 312 g/mol. The van der Waals surface area contributed by atoms with Gasteiger partial charge in [-0.1, -0.05) is 6.92 Å². The van der Waals surface area contributed by atoms with Crippen LogP contribution in [0.4, 0.5) is 9.93 Å². The lowest BCUT2D eigenvalue weighted by Gasteiger charge is -2.34. The smallest absolute Gasteiger partial charge is 0.317 e. The molecule has 0 aromatic carbocycles. The summed E-state index contributed by atoms with van der Waals surface area (Å²) in [4.78, 5) is 20.1. The number of rotatable bonds is 5. The van der Waals surface area contributed by atoms with Gasteiger partial charge >= 0.3 is 6.03 Å². The predicted octanol–water partition coefficient (Wildman–Crippen LogP) is 0.409. The average Bonchev–Trinajstić information content (AvgIpc) is 3.01. The van der Waals surface area contributed by atoms with Crippen LogP contribution in [0.5, 0.6) is 0 Å². The van der Waals surface area contributed by atoms with E-state index in [4.69, 9.17) is 0 Å². The van der Waals surface area contributed by atoms with Crippen LogP contribution in [0.15, 0.2) is 11.6 Å². The van der Waals surface area contributed by atoms with E-state index in [9.17, 15) is 13.2 Å². The normalized spacial score (nSPS) is 16.0. The first kappa shape index (κ1) is 16.0. The number of urea groups is 1. The van der Waals surface area contributed by atoms with Gasteiger partial charge in [0, 0.05) is 50.1 Å². The summed E-state index contributed by atoms with van der Waals surface area (Å²) in [6, 6.07) is -0.194. The van der Waals surface area contributed by atoms with Crippen molar-refractivity contribution < 1.29 is 13.2 Å². The van der Waals surface area contributed by atoms with Crippen LogP contribution in [0.25, 0.3) is 0 Å². The van der Waals surface area contributed by atoms with Gasteiger partial charge < -0.3 is 15.1 Å². The summed E-state index contributed by atoms with van der Waals surface area (Å²) in [6.07, 6.45) is 1.77. The van der Waals surface area contributed by atoms with E-state index in [0.29, 0.717) is 13.1 Å². The summed E-state index contributed by atoms with van der Waals surface area (Å²) in [7, 11) is -3.03. The van der Waals surface area contributed by atoms with Crippen LogP contribution in [0, 0.1) is 0 Å². The summed E-state index contributed by atoms with van der Waals surface area (Å²) in [5.41, 5.74) is 0. The number of nitrogens with one attached hydrogen (secondary N) is 1. The number of hydrogen-bond acceptors (Lipinski definition) is 6. The molecule has 1 aliphatic rings. The van der Waals surface area contributed by atoms with E-state index in [1.54, 1.807) is 29.4 Å². The molecule has 9 heteroatoms. The lowest BCUT2D eigenvalue weighted by Crippen LogP contribution is -2.52. The van der Waals surface area contributed by atoms with Crippen molar-refractivity contribution in [3.05, 3.63) is 11.6 Å². The molecule has 1 aromatic rings. The lowest BCUT2D eigenvalue weighted by atomic mass is 10.3. The molecule has 0 atom stereocenters. The molecule has 2 rings (SSSR count). The van der Waals surface area contributed by atoms with Gasteiger partial charge in [-0.15, -0.1) is 11.3 Å². The van der Waals surface area contributed by atoms with Crippen molar-refractivity contribution >= 4 is 32.3 Å². The highest BCUT2D eigenvalue weighted by atomic mass is 32.2. The maximum Gasteiger partial charge on any atom is 0.317 e. The highest BCUT2D eigenvalue weighted by Gasteiger charge is 2.22. The third kappa shape index (κ3) is 4.57. The Bertz CT molecular complexity index is 551. The zero-order valence-electron chi connectivity index (χ0n) is 12.0. The highest BCUT2D eigenvalue weighted by molar-refractivity contribution is 7.91. The fourth-order valence-electron chi connectivity index (χ4n) is 2.04. The van der Waals surface area contributed by atoms with Crippen LogP contribution in [0.1, 0.15) is 6.92 Å². The van der Waals surface area contributed by atoms with Crippen LogP contribution in [-0.4, -0.2) is 68.6 Å². The molecule has 0 unspecified atom stereocenters. The minimum atomic E-state index is -3.03. The molecule has 1 fully saturated rings. The monoisotopic (exact) mass is 332 g/mol. The molecule has 1 aliphatic heterocycles. The number of amides is 2. The van der Waals surface area contributed by atoms with E-state index < -0.39 is 9.84 Å². The Morgan fingerprint density at radius 2 is 2.10 bits per heavy atom. The largest absolute Gasteiger partial charge is 0.345 e. The molecule has 0 aliphatic carbocycles. The fraction of sp³-hybridized carbons (Fsp3) is 0.667. The van der Waals surface area contributed by atoms with Gasteiger partial charge in [-0.25, -0.2) is 18.2 Å². The van der Waals surface area contributed by atoms with Crippen LogP contribution < -0.4 is 10.2 Å².